The van der Waals surface area contributed by atoms with E-state index in [2.05, 4.69) is 40.7 Å². The van der Waals surface area contributed by atoms with Gasteiger partial charge in [-0.05, 0) is 80.4 Å². The quantitative estimate of drug-likeness (QED) is 0.808. The second-order valence-electron chi connectivity index (χ2n) is 9.12. The van der Waals surface area contributed by atoms with E-state index in [0.29, 0.717) is 11.8 Å². The Labute approximate surface area is 166 Å². The minimum absolute atomic E-state index is 0.139. The Morgan fingerprint density at radius 1 is 1.14 bits per heavy atom. The largest absolute Gasteiger partial charge is 0.393 e. The van der Waals surface area contributed by atoms with Gasteiger partial charge in [-0.2, -0.15) is 0 Å². The molecule has 148 valence electrons. The van der Waals surface area contributed by atoms with Gasteiger partial charge in [0.1, 0.15) is 0 Å². The Morgan fingerprint density at radius 3 is 2.54 bits per heavy atom. The van der Waals surface area contributed by atoms with E-state index in [1.807, 2.05) is 18.6 Å². The van der Waals surface area contributed by atoms with E-state index in [9.17, 15) is 10.2 Å². The molecule has 2 aromatic rings. The van der Waals surface area contributed by atoms with Crippen LogP contribution in [0.4, 0.5) is 0 Å². The van der Waals surface area contributed by atoms with E-state index >= 15 is 0 Å². The molecule has 4 nitrogen and oxygen atoms in total. The lowest BCUT2D eigenvalue weighted by atomic mass is 9.75. The zero-order chi connectivity index (χ0) is 19.3. The van der Waals surface area contributed by atoms with Crippen LogP contribution < -0.4 is 0 Å². The number of hydrogen-bond acceptors (Lipinski definition) is 3. The number of fused-ring (bicyclic) bond motifs is 1. The zero-order valence-corrected chi connectivity index (χ0v) is 16.6. The molecule has 2 heterocycles. The summed E-state index contributed by atoms with van der Waals surface area (Å²) in [5.41, 5.74) is 4.61. The molecule has 0 amide bonds. The van der Waals surface area contributed by atoms with E-state index in [0.717, 1.165) is 50.6 Å². The number of allylic oxidation sites excluding steroid dienone is 2. The van der Waals surface area contributed by atoms with Crippen molar-refractivity contribution in [2.24, 2.45) is 11.8 Å². The van der Waals surface area contributed by atoms with Gasteiger partial charge >= 0.3 is 0 Å². The Hall–Kier alpha value is -1.91. The predicted molar refractivity (Wildman–Crippen MR) is 110 cm³/mol. The van der Waals surface area contributed by atoms with E-state index < -0.39 is 0 Å². The van der Waals surface area contributed by atoms with Gasteiger partial charge in [-0.25, -0.2) is 4.98 Å². The fourth-order valence-electron chi connectivity index (χ4n) is 5.63. The van der Waals surface area contributed by atoms with Gasteiger partial charge in [-0.15, -0.1) is 0 Å². The van der Waals surface area contributed by atoms with Gasteiger partial charge < -0.3 is 14.8 Å². The van der Waals surface area contributed by atoms with E-state index in [-0.39, 0.29) is 17.7 Å². The van der Waals surface area contributed by atoms with Crippen LogP contribution in [0.1, 0.15) is 69.2 Å². The summed E-state index contributed by atoms with van der Waals surface area (Å²) in [6, 6.07) is 10.7. The molecule has 0 radical (unpaired) electrons. The van der Waals surface area contributed by atoms with Crippen LogP contribution in [-0.2, 0) is 0 Å². The molecule has 0 saturated heterocycles. The fraction of sp³-hybridized carbons (Fsp3) is 0.542. The SMILES string of the molecule is CC1=C(c2ccccc2)C(CC(O)C2CCC(C3(O)CC3)CC2)n2cncc21. The molecule has 1 aromatic heterocycles. The molecule has 1 aliphatic heterocycles. The van der Waals surface area contributed by atoms with E-state index in [1.54, 1.807) is 0 Å². The van der Waals surface area contributed by atoms with Crippen molar-refractivity contribution in [2.45, 2.75) is 69.6 Å². The molecule has 2 unspecified atom stereocenters. The summed E-state index contributed by atoms with van der Waals surface area (Å²) in [7, 11) is 0. The van der Waals surface area contributed by atoms with Gasteiger partial charge in [0.05, 0.1) is 36.0 Å². The van der Waals surface area contributed by atoms with Gasteiger partial charge in [0, 0.05) is 0 Å². The predicted octanol–water partition coefficient (Wildman–Crippen LogP) is 4.45. The van der Waals surface area contributed by atoms with Gasteiger partial charge in [-0.3, -0.25) is 0 Å². The highest BCUT2D eigenvalue weighted by Crippen LogP contribution is 2.50. The Balaban J connectivity index is 1.33. The van der Waals surface area contributed by atoms with Gasteiger partial charge in [-0.1, -0.05) is 30.3 Å². The molecule has 28 heavy (non-hydrogen) atoms. The maximum absolute atomic E-state index is 11.1. The fourth-order valence-corrected chi connectivity index (χ4v) is 5.63. The normalized spacial score (nSPS) is 29.6. The standard InChI is InChI=1S/C24H30N2O2/c1-16-21-14-25-15-26(21)20(23(16)18-5-3-2-4-6-18)13-22(27)17-7-9-19(10-8-17)24(28)11-12-24/h2-6,14-15,17,19-20,22,27-28H,7-13H2,1H3. The summed E-state index contributed by atoms with van der Waals surface area (Å²) in [5, 5.41) is 21.5. The first-order chi connectivity index (χ1) is 13.6. The maximum atomic E-state index is 11.1. The lowest BCUT2D eigenvalue weighted by molar-refractivity contribution is 0.0158. The molecule has 5 rings (SSSR count). The highest BCUT2D eigenvalue weighted by molar-refractivity contribution is 5.93. The molecule has 4 heteroatoms. The van der Waals surface area contributed by atoms with Crippen molar-refractivity contribution in [1.82, 2.24) is 9.55 Å². The summed E-state index contributed by atoms with van der Waals surface area (Å²) in [6.07, 6.45) is 10.4. The lowest BCUT2D eigenvalue weighted by Gasteiger charge is -2.35. The van der Waals surface area contributed by atoms with Gasteiger partial charge in [0.15, 0.2) is 0 Å². The Kier molecular flexibility index (Phi) is 4.44. The molecule has 2 fully saturated rings. The van der Waals surface area contributed by atoms with Gasteiger partial charge in [0.25, 0.3) is 0 Å². The van der Waals surface area contributed by atoms with Crippen LogP contribution in [0.15, 0.2) is 42.9 Å². The molecular weight excluding hydrogens is 348 g/mol. The molecule has 2 saturated carbocycles. The van der Waals surface area contributed by atoms with E-state index in [1.165, 1.54) is 16.7 Å². The van der Waals surface area contributed by atoms with Crippen molar-refractivity contribution < 1.29 is 10.2 Å². The van der Waals surface area contributed by atoms with Crippen LogP contribution in [0.3, 0.4) is 0 Å². The lowest BCUT2D eigenvalue weighted by Crippen LogP contribution is -2.32. The topological polar surface area (TPSA) is 58.3 Å². The second kappa shape index (κ2) is 6.85. The number of hydrogen-bond donors (Lipinski definition) is 2. The molecule has 3 aliphatic rings. The average molecular weight is 379 g/mol. The third-order valence-corrected chi connectivity index (χ3v) is 7.51. The minimum Gasteiger partial charge on any atom is -0.393 e. The summed E-state index contributed by atoms with van der Waals surface area (Å²) in [4.78, 5) is 4.36. The second-order valence-corrected chi connectivity index (χ2v) is 9.12. The summed E-state index contributed by atoms with van der Waals surface area (Å²) < 4.78 is 2.24. The van der Waals surface area contributed by atoms with Crippen molar-refractivity contribution in [3.05, 3.63) is 54.1 Å². The number of imidazole rings is 1. The molecule has 2 N–H and O–H groups in total. The molecule has 0 spiro atoms. The van der Waals surface area contributed by atoms with Crippen LogP contribution in [0.5, 0.6) is 0 Å². The first kappa shape index (κ1) is 18.1. The van der Waals surface area contributed by atoms with Crippen molar-refractivity contribution in [3.8, 4) is 0 Å². The molecular formula is C24H30N2O2. The van der Waals surface area contributed by atoms with Crippen LogP contribution in [-0.4, -0.2) is 31.5 Å². The number of nitrogens with zero attached hydrogens (tertiary/aromatic N) is 2. The third kappa shape index (κ3) is 3.03. The highest BCUT2D eigenvalue weighted by atomic mass is 16.3. The van der Waals surface area contributed by atoms with Crippen molar-refractivity contribution in [1.29, 1.82) is 0 Å². The van der Waals surface area contributed by atoms with Crippen LogP contribution in [0, 0.1) is 11.8 Å². The molecule has 1 aromatic carbocycles. The zero-order valence-electron chi connectivity index (χ0n) is 16.6. The average Bonchev–Trinajstić information content (AvgIpc) is 3.19. The smallest absolute Gasteiger partial charge is 0.0956 e. The monoisotopic (exact) mass is 378 g/mol. The Morgan fingerprint density at radius 2 is 1.86 bits per heavy atom. The van der Waals surface area contributed by atoms with Gasteiger partial charge in [0.2, 0.25) is 0 Å². The Bertz CT molecular complexity index is 873. The number of aliphatic hydroxyl groups excluding tert-OH is 1. The van der Waals surface area contributed by atoms with Crippen molar-refractivity contribution >= 4 is 11.1 Å². The first-order valence-corrected chi connectivity index (χ1v) is 10.8. The molecule has 0 bridgehead atoms. The van der Waals surface area contributed by atoms with Crippen molar-refractivity contribution in [3.63, 3.8) is 0 Å². The van der Waals surface area contributed by atoms with Crippen LogP contribution in [0.2, 0.25) is 0 Å². The van der Waals surface area contributed by atoms with Crippen LogP contribution >= 0.6 is 0 Å². The van der Waals surface area contributed by atoms with E-state index in [4.69, 9.17) is 0 Å². The summed E-state index contributed by atoms with van der Waals surface area (Å²) >= 11 is 0. The minimum atomic E-state index is -0.368. The number of aliphatic hydroxyl groups is 2. The first-order valence-electron chi connectivity index (χ1n) is 10.8. The number of benzene rings is 1. The number of aromatic nitrogens is 2. The number of rotatable bonds is 5. The van der Waals surface area contributed by atoms with Crippen molar-refractivity contribution in [2.75, 3.05) is 0 Å². The highest BCUT2D eigenvalue weighted by Gasteiger charge is 2.48. The third-order valence-electron chi connectivity index (χ3n) is 7.51. The molecule has 2 atom stereocenters. The maximum Gasteiger partial charge on any atom is 0.0956 e. The molecule has 2 aliphatic carbocycles. The summed E-state index contributed by atoms with van der Waals surface area (Å²) in [6.45, 7) is 2.17. The summed E-state index contributed by atoms with van der Waals surface area (Å²) in [5.74, 6) is 0.785. The van der Waals surface area contributed by atoms with Crippen LogP contribution in [0.25, 0.3) is 11.1 Å².